The largest absolute Gasteiger partial charge is 0.477 e. The number of nitrogens with zero attached hydrogens (tertiary/aromatic N) is 5. The number of aliphatic hydroxyl groups excluding tert-OH is 1. The fourth-order valence-corrected chi connectivity index (χ4v) is 5.59. The van der Waals surface area contributed by atoms with Crippen molar-refractivity contribution < 1.29 is 43.1 Å². The maximum atomic E-state index is 12.9. The van der Waals surface area contributed by atoms with Crippen LogP contribution in [0.4, 0.5) is 9.52 Å². The predicted octanol–water partition coefficient (Wildman–Crippen LogP) is -2.01. The minimum atomic E-state index is -1.34. The number of fused-ring (bicyclic) bond motifs is 1. The number of likely N-dealkylation sites (N-methyl/N-ethyl adjacent to an activating group) is 1. The van der Waals surface area contributed by atoms with Crippen molar-refractivity contribution in [2.45, 2.75) is 17.5 Å². The van der Waals surface area contributed by atoms with Gasteiger partial charge in [-0.1, -0.05) is 11.2 Å². The molecule has 2 aliphatic heterocycles. The van der Waals surface area contributed by atoms with E-state index in [1.165, 1.54) is 11.8 Å². The molecule has 0 spiro atoms. The molecule has 1 aromatic rings. The summed E-state index contributed by atoms with van der Waals surface area (Å²) in [4.78, 5) is 58.6. The maximum Gasteiger partial charge on any atom is 0.352 e. The molecule has 1 fully saturated rings. The van der Waals surface area contributed by atoms with Gasteiger partial charge in [0.05, 0.1) is 20.6 Å². The van der Waals surface area contributed by atoms with E-state index in [1.807, 2.05) is 0 Å². The normalized spacial score (nSPS) is 20.7. The topological polar surface area (TPSA) is 223 Å². The van der Waals surface area contributed by atoms with Gasteiger partial charge in [0, 0.05) is 17.3 Å². The van der Waals surface area contributed by atoms with Crippen molar-refractivity contribution in [2.75, 3.05) is 45.6 Å². The Labute approximate surface area is 223 Å². The number of nitrogen functional groups attached to an aromatic ring is 1. The van der Waals surface area contributed by atoms with Gasteiger partial charge < -0.3 is 36.3 Å². The molecular weight excluding hydrogens is 547 g/mol. The Kier molecular flexibility index (Phi) is 9.02. The van der Waals surface area contributed by atoms with Gasteiger partial charge in [0.1, 0.15) is 23.7 Å². The van der Waals surface area contributed by atoms with Gasteiger partial charge in [0.2, 0.25) is 11.5 Å². The Morgan fingerprint density at radius 2 is 2.13 bits per heavy atom. The number of carbonyl (C=O) groups is 4. The molecule has 0 aliphatic carbocycles. The van der Waals surface area contributed by atoms with Crippen LogP contribution in [0.25, 0.3) is 0 Å². The molecule has 0 saturated carbocycles. The molecular formula is C20H26FN8O7S2+. The van der Waals surface area contributed by atoms with Gasteiger partial charge in [-0.25, -0.2) is 9.18 Å². The third-order valence-electron chi connectivity index (χ3n) is 5.80. The van der Waals surface area contributed by atoms with Crippen molar-refractivity contribution in [1.29, 1.82) is 0 Å². The summed E-state index contributed by atoms with van der Waals surface area (Å²) in [6, 6.07) is -1.96. The number of thioether (sulfide) groups is 1. The van der Waals surface area contributed by atoms with Crippen molar-refractivity contribution in [2.24, 2.45) is 10.9 Å². The number of rotatable bonds is 12. The molecule has 3 rings (SSSR count). The molecule has 18 heteroatoms. The molecule has 0 unspecified atom stereocenters. The van der Waals surface area contributed by atoms with Crippen LogP contribution in [0.15, 0.2) is 28.6 Å². The van der Waals surface area contributed by atoms with Crippen molar-refractivity contribution >= 4 is 57.8 Å². The lowest BCUT2D eigenvalue weighted by molar-refractivity contribution is -0.900. The van der Waals surface area contributed by atoms with E-state index in [-0.39, 0.29) is 33.4 Å². The van der Waals surface area contributed by atoms with Crippen LogP contribution < -0.4 is 16.8 Å². The molecule has 0 aromatic carbocycles. The van der Waals surface area contributed by atoms with E-state index in [9.17, 15) is 33.8 Å². The Morgan fingerprint density at radius 1 is 1.42 bits per heavy atom. The van der Waals surface area contributed by atoms with Gasteiger partial charge >= 0.3 is 5.97 Å². The lowest BCUT2D eigenvalue weighted by atomic mass is 10.0. The molecule has 0 bridgehead atoms. The fraction of sp³-hybridized carbons (Fsp3) is 0.450. The van der Waals surface area contributed by atoms with Gasteiger partial charge in [-0.3, -0.25) is 19.3 Å². The van der Waals surface area contributed by atoms with E-state index < -0.39 is 60.3 Å². The number of primary amides is 1. The van der Waals surface area contributed by atoms with Crippen LogP contribution in [0.2, 0.25) is 0 Å². The van der Waals surface area contributed by atoms with Gasteiger partial charge in [-0.2, -0.15) is 9.36 Å². The summed E-state index contributed by atoms with van der Waals surface area (Å²) < 4.78 is 16.3. The highest BCUT2D eigenvalue weighted by Gasteiger charge is 2.54. The van der Waals surface area contributed by atoms with Gasteiger partial charge in [0.15, 0.2) is 11.2 Å². The van der Waals surface area contributed by atoms with E-state index in [2.05, 4.69) is 24.7 Å². The number of nitrogens with one attached hydrogen (secondary N) is 1. The number of carboxylic acids is 1. The number of aliphatic carboxylic acids is 1. The highest BCUT2D eigenvalue weighted by Crippen LogP contribution is 2.40. The maximum absolute atomic E-state index is 12.9. The molecule has 3 atom stereocenters. The van der Waals surface area contributed by atoms with Crippen LogP contribution in [0.5, 0.6) is 0 Å². The van der Waals surface area contributed by atoms with E-state index in [0.717, 1.165) is 16.4 Å². The zero-order chi connectivity index (χ0) is 28.2. The number of β-lactam (4-membered cyclic amide) rings is 1. The molecule has 206 valence electrons. The number of quaternary nitrogens is 1. The quantitative estimate of drug-likeness (QED) is 0.0794. The average Bonchev–Trinajstić information content (AvgIpc) is 3.27. The van der Waals surface area contributed by atoms with Crippen LogP contribution in [0.1, 0.15) is 5.82 Å². The standard InChI is InChI=1S/C20H25FN8O7S2/c1-29(2,10(6-30)14(22)31)5-3-4-9-7-37-18-12(17(33)28(18)13(9)19(34)35)24-16(32)11(26-36-8-21)15-25-20(23)38-27-15/h3-4,10,12,18,30H,5-8H2,1-2H3,(H5-,22,23,24,25,27,31,32,34,35)/p+1/b4-3+,26-11-/t10-,12-,18+/m1/s1. The summed E-state index contributed by atoms with van der Waals surface area (Å²) in [7, 11) is 3.37. The number of hydrogen-bond acceptors (Lipinski definition) is 12. The van der Waals surface area contributed by atoms with Crippen LogP contribution >= 0.6 is 23.3 Å². The van der Waals surface area contributed by atoms with Gasteiger partial charge in [-0.05, 0) is 11.6 Å². The molecule has 15 nitrogen and oxygen atoms in total. The Morgan fingerprint density at radius 3 is 2.68 bits per heavy atom. The monoisotopic (exact) mass is 573 g/mol. The third kappa shape index (κ3) is 5.93. The second-order valence-electron chi connectivity index (χ2n) is 8.64. The van der Waals surface area contributed by atoms with Crippen LogP contribution in [0.3, 0.4) is 0 Å². The second-order valence-corrected chi connectivity index (χ2v) is 10.5. The Balaban J connectivity index is 1.77. The number of oxime groups is 1. The van der Waals surface area contributed by atoms with Crippen molar-refractivity contribution in [3.05, 3.63) is 29.2 Å². The minimum absolute atomic E-state index is 0.0231. The van der Waals surface area contributed by atoms with Crippen molar-refractivity contribution in [3.63, 3.8) is 0 Å². The average molecular weight is 574 g/mol. The van der Waals surface area contributed by atoms with Crippen LogP contribution in [0, 0.1) is 0 Å². The molecule has 2 aliphatic rings. The lowest BCUT2D eigenvalue weighted by Crippen LogP contribution is -2.71. The number of hydrogen-bond donors (Lipinski definition) is 5. The summed E-state index contributed by atoms with van der Waals surface area (Å²) in [5.74, 6) is -3.66. The first-order chi connectivity index (χ1) is 17.9. The molecule has 3 heterocycles. The Bertz CT molecular complexity index is 1220. The first kappa shape index (κ1) is 29.0. The number of carboxylic acid groups (broad SMARTS) is 1. The fourth-order valence-electron chi connectivity index (χ4n) is 3.83. The number of halogens is 1. The summed E-state index contributed by atoms with van der Waals surface area (Å²) in [5.41, 5.74) is 10.5. The number of allylic oxidation sites excluding steroid dienone is 1. The first-order valence-corrected chi connectivity index (χ1v) is 12.7. The summed E-state index contributed by atoms with van der Waals surface area (Å²) in [6.45, 7) is -1.54. The number of amides is 3. The highest BCUT2D eigenvalue weighted by molar-refractivity contribution is 8.00. The molecule has 1 aromatic heterocycles. The van der Waals surface area contributed by atoms with E-state index in [1.54, 1.807) is 26.2 Å². The molecule has 1 saturated heterocycles. The number of anilines is 1. The Hall–Kier alpha value is -3.61. The SMILES string of the molecule is C[N+](C)(C/C=C/C1=C(C(=O)O)N2C(=O)[C@@H](NC(=O)/C(=N\OCF)c3nsc(N)n3)[C@@H]2SC1)[C@H](CO)C(N)=O. The zero-order valence-electron chi connectivity index (χ0n) is 20.2. The van der Waals surface area contributed by atoms with Gasteiger partial charge in [0.25, 0.3) is 24.6 Å². The number of alkyl halides is 1. The third-order valence-corrected chi connectivity index (χ3v) is 7.65. The second kappa shape index (κ2) is 11.8. The number of aliphatic hydroxyl groups is 1. The number of carbonyl (C=O) groups excluding carboxylic acids is 3. The molecule has 0 radical (unpaired) electrons. The number of nitrogens with two attached hydrogens (primary N) is 2. The van der Waals surface area contributed by atoms with E-state index in [0.29, 0.717) is 5.57 Å². The van der Waals surface area contributed by atoms with Crippen LogP contribution in [-0.2, 0) is 24.0 Å². The molecule has 7 N–H and O–H groups in total. The number of aromatic nitrogens is 2. The summed E-state index contributed by atoms with van der Waals surface area (Å²) in [6.07, 6.45) is 3.17. The van der Waals surface area contributed by atoms with Crippen molar-refractivity contribution in [1.82, 2.24) is 19.6 Å². The first-order valence-electron chi connectivity index (χ1n) is 10.9. The van der Waals surface area contributed by atoms with Gasteiger partial charge in [-0.15, -0.1) is 11.8 Å². The smallest absolute Gasteiger partial charge is 0.352 e. The minimum Gasteiger partial charge on any atom is -0.477 e. The predicted molar refractivity (Wildman–Crippen MR) is 134 cm³/mol. The van der Waals surface area contributed by atoms with E-state index >= 15 is 0 Å². The van der Waals surface area contributed by atoms with Crippen molar-refractivity contribution in [3.8, 4) is 0 Å². The highest BCUT2D eigenvalue weighted by atomic mass is 32.2. The molecule has 3 amide bonds. The summed E-state index contributed by atoms with van der Waals surface area (Å²) >= 11 is 1.99. The molecule has 38 heavy (non-hydrogen) atoms. The summed E-state index contributed by atoms with van der Waals surface area (Å²) in [5, 5.41) is 24.4. The van der Waals surface area contributed by atoms with E-state index in [4.69, 9.17) is 11.5 Å². The zero-order valence-corrected chi connectivity index (χ0v) is 21.9. The van der Waals surface area contributed by atoms with Crippen LogP contribution in [-0.4, -0.2) is 116 Å². The lowest BCUT2D eigenvalue weighted by Gasteiger charge is -2.49.